The number of pyridine rings is 1. The Morgan fingerprint density at radius 1 is 1.11 bits per heavy atom. The first-order valence-corrected chi connectivity index (χ1v) is 9.91. The highest BCUT2D eigenvalue weighted by molar-refractivity contribution is 7.99. The number of hydrogen-bond acceptors (Lipinski definition) is 6. The average molecular weight is 393 g/mol. The fourth-order valence-corrected chi connectivity index (χ4v) is 3.65. The van der Waals surface area contributed by atoms with Gasteiger partial charge in [-0.3, -0.25) is 13.8 Å². The molecule has 0 radical (unpaired) electrons. The summed E-state index contributed by atoms with van der Waals surface area (Å²) in [5, 5.41) is 19.9. The first kappa shape index (κ1) is 18.2. The Morgan fingerprint density at radius 2 is 1.96 bits per heavy atom. The van der Waals surface area contributed by atoms with Crippen LogP contribution in [0.1, 0.15) is 18.3 Å². The van der Waals surface area contributed by atoms with Crippen LogP contribution in [0.2, 0.25) is 0 Å². The highest BCUT2D eigenvalue weighted by Gasteiger charge is 2.13. The lowest BCUT2D eigenvalue weighted by atomic mass is 10.1. The van der Waals surface area contributed by atoms with Gasteiger partial charge in [0.1, 0.15) is 6.33 Å². The van der Waals surface area contributed by atoms with Crippen molar-refractivity contribution in [2.45, 2.75) is 25.0 Å². The molecular formula is C19H19N7OS. The molecule has 1 N–H and O–H groups in total. The molecule has 1 aromatic carbocycles. The number of thioether (sulfide) groups is 1. The van der Waals surface area contributed by atoms with Crippen LogP contribution in [0.15, 0.2) is 60.1 Å². The molecule has 3 aromatic heterocycles. The van der Waals surface area contributed by atoms with Gasteiger partial charge in [0.05, 0.1) is 18.0 Å². The highest BCUT2D eigenvalue weighted by Crippen LogP contribution is 2.22. The number of aromatic nitrogens is 6. The zero-order chi connectivity index (χ0) is 19.3. The van der Waals surface area contributed by atoms with Crippen LogP contribution in [0.5, 0.6) is 0 Å². The van der Waals surface area contributed by atoms with Crippen LogP contribution in [0.25, 0.3) is 11.3 Å². The van der Waals surface area contributed by atoms with Crippen LogP contribution >= 0.6 is 11.8 Å². The third-order valence-corrected chi connectivity index (χ3v) is 5.25. The van der Waals surface area contributed by atoms with Crippen LogP contribution in [0.3, 0.4) is 0 Å². The number of hydrogen-bond donors (Lipinski definition) is 1. The standard InChI is InChI=1S/C19H19N7OS/c1-2-14-7-3-4-8-15(14)26-13-21-24-19(26)28-12-18(27)20-11-17-23-22-16-9-5-6-10-25(16)17/h3-10,13H,2,11-12H2,1H3,(H,20,27). The van der Waals surface area contributed by atoms with Crippen LogP contribution < -0.4 is 5.32 Å². The van der Waals surface area contributed by atoms with Crippen molar-refractivity contribution < 1.29 is 4.79 Å². The van der Waals surface area contributed by atoms with Crippen LogP contribution in [0.4, 0.5) is 0 Å². The zero-order valence-corrected chi connectivity index (χ0v) is 16.1. The number of amides is 1. The van der Waals surface area contributed by atoms with E-state index in [2.05, 4.69) is 38.7 Å². The number of fused-ring (bicyclic) bond motifs is 1. The number of benzene rings is 1. The van der Waals surface area contributed by atoms with Crippen LogP contribution in [-0.4, -0.2) is 41.0 Å². The minimum atomic E-state index is -0.101. The minimum Gasteiger partial charge on any atom is -0.348 e. The molecule has 4 rings (SSSR count). The summed E-state index contributed by atoms with van der Waals surface area (Å²) < 4.78 is 3.77. The molecule has 0 aliphatic rings. The monoisotopic (exact) mass is 393 g/mol. The maximum atomic E-state index is 12.3. The maximum absolute atomic E-state index is 12.3. The summed E-state index contributed by atoms with van der Waals surface area (Å²) in [6, 6.07) is 13.8. The van der Waals surface area contributed by atoms with E-state index < -0.39 is 0 Å². The zero-order valence-electron chi connectivity index (χ0n) is 15.3. The molecule has 142 valence electrons. The minimum absolute atomic E-state index is 0.101. The van der Waals surface area contributed by atoms with Crippen LogP contribution in [-0.2, 0) is 17.8 Å². The molecule has 0 bridgehead atoms. The predicted octanol–water partition coefficient (Wildman–Crippen LogP) is 2.28. The van der Waals surface area contributed by atoms with E-state index in [1.807, 2.05) is 51.6 Å². The second-order valence-corrected chi connectivity index (χ2v) is 7.02. The molecule has 0 spiro atoms. The summed E-state index contributed by atoms with van der Waals surface area (Å²) in [6.07, 6.45) is 4.46. The number of rotatable bonds is 7. The van der Waals surface area contributed by atoms with Gasteiger partial charge >= 0.3 is 0 Å². The lowest BCUT2D eigenvalue weighted by molar-refractivity contribution is -0.118. The maximum Gasteiger partial charge on any atom is 0.230 e. The Labute approximate surface area is 166 Å². The number of nitrogens with zero attached hydrogens (tertiary/aromatic N) is 6. The van der Waals surface area contributed by atoms with E-state index in [0.717, 1.165) is 17.8 Å². The average Bonchev–Trinajstić information content (AvgIpc) is 3.37. The Balaban J connectivity index is 1.39. The van der Waals surface area contributed by atoms with Crippen molar-refractivity contribution in [1.29, 1.82) is 0 Å². The molecule has 0 aliphatic heterocycles. The summed E-state index contributed by atoms with van der Waals surface area (Å²) in [5.74, 6) is 0.828. The molecule has 0 atom stereocenters. The van der Waals surface area contributed by atoms with Gasteiger partial charge in [0.15, 0.2) is 16.6 Å². The van der Waals surface area contributed by atoms with E-state index in [0.29, 0.717) is 17.5 Å². The Bertz CT molecular complexity index is 1100. The second kappa shape index (κ2) is 8.22. The molecule has 0 saturated carbocycles. The SMILES string of the molecule is CCc1ccccc1-n1cnnc1SCC(=O)NCc1nnc2ccccn12. The van der Waals surface area contributed by atoms with Gasteiger partial charge in [-0.25, -0.2) is 0 Å². The lowest BCUT2D eigenvalue weighted by Gasteiger charge is -2.10. The smallest absolute Gasteiger partial charge is 0.230 e. The van der Waals surface area contributed by atoms with Gasteiger partial charge in [-0.2, -0.15) is 0 Å². The molecule has 0 saturated heterocycles. The molecule has 0 fully saturated rings. The van der Waals surface area contributed by atoms with Gasteiger partial charge in [-0.1, -0.05) is 43.0 Å². The molecule has 3 heterocycles. The number of nitrogens with one attached hydrogen (secondary N) is 1. The second-order valence-electron chi connectivity index (χ2n) is 6.08. The third kappa shape index (κ3) is 3.74. The van der Waals surface area contributed by atoms with Crippen molar-refractivity contribution in [2.75, 3.05) is 5.75 Å². The van der Waals surface area contributed by atoms with Crippen molar-refractivity contribution in [2.24, 2.45) is 0 Å². The number of para-hydroxylation sites is 1. The molecule has 9 heteroatoms. The van der Waals surface area contributed by atoms with E-state index in [4.69, 9.17) is 0 Å². The van der Waals surface area contributed by atoms with Gasteiger partial charge in [-0.05, 0) is 30.2 Å². The normalized spacial score (nSPS) is 11.0. The van der Waals surface area contributed by atoms with Crippen LogP contribution in [0, 0.1) is 0 Å². The molecule has 1 amide bonds. The molecule has 4 aromatic rings. The molecular weight excluding hydrogens is 374 g/mol. The first-order chi connectivity index (χ1) is 13.8. The van der Waals surface area contributed by atoms with Gasteiger partial charge in [0.25, 0.3) is 0 Å². The summed E-state index contributed by atoms with van der Waals surface area (Å²) in [7, 11) is 0. The highest BCUT2D eigenvalue weighted by atomic mass is 32.2. The quantitative estimate of drug-likeness (QED) is 0.485. The number of carbonyl (C=O) groups is 1. The molecule has 0 aliphatic carbocycles. The van der Waals surface area contributed by atoms with E-state index in [9.17, 15) is 4.79 Å². The van der Waals surface area contributed by atoms with Gasteiger partial charge in [0, 0.05) is 6.20 Å². The Hall–Kier alpha value is -3.20. The van der Waals surface area contributed by atoms with Gasteiger partial charge < -0.3 is 5.32 Å². The van der Waals surface area contributed by atoms with Gasteiger partial charge in [0.2, 0.25) is 5.91 Å². The van der Waals surface area contributed by atoms with E-state index in [1.165, 1.54) is 17.3 Å². The largest absolute Gasteiger partial charge is 0.348 e. The number of aryl methyl sites for hydroxylation is 1. The van der Waals surface area contributed by atoms with Crippen molar-refractivity contribution in [1.82, 2.24) is 34.7 Å². The Morgan fingerprint density at radius 3 is 2.86 bits per heavy atom. The fourth-order valence-electron chi connectivity index (χ4n) is 2.90. The third-order valence-electron chi connectivity index (χ3n) is 4.31. The van der Waals surface area contributed by atoms with Crippen molar-refractivity contribution in [3.8, 4) is 5.69 Å². The fraction of sp³-hybridized carbons (Fsp3) is 0.211. The van der Waals surface area contributed by atoms with Gasteiger partial charge in [-0.15, -0.1) is 20.4 Å². The van der Waals surface area contributed by atoms with E-state index >= 15 is 0 Å². The summed E-state index contributed by atoms with van der Waals surface area (Å²) in [5.41, 5.74) is 2.99. The van der Waals surface area contributed by atoms with Crippen molar-refractivity contribution >= 4 is 23.3 Å². The summed E-state index contributed by atoms with van der Waals surface area (Å²) >= 11 is 1.35. The van der Waals surface area contributed by atoms with E-state index in [-0.39, 0.29) is 11.7 Å². The summed E-state index contributed by atoms with van der Waals surface area (Å²) in [4.78, 5) is 12.3. The summed E-state index contributed by atoms with van der Waals surface area (Å²) in [6.45, 7) is 2.42. The molecule has 28 heavy (non-hydrogen) atoms. The lowest BCUT2D eigenvalue weighted by Crippen LogP contribution is -2.25. The molecule has 0 unspecified atom stereocenters. The predicted molar refractivity (Wildman–Crippen MR) is 106 cm³/mol. The van der Waals surface area contributed by atoms with Crippen molar-refractivity contribution in [3.63, 3.8) is 0 Å². The Kier molecular flexibility index (Phi) is 5.34. The topological polar surface area (TPSA) is 90.0 Å². The molecule has 8 nitrogen and oxygen atoms in total. The van der Waals surface area contributed by atoms with Crippen molar-refractivity contribution in [3.05, 3.63) is 66.4 Å². The number of carbonyl (C=O) groups excluding carboxylic acids is 1. The van der Waals surface area contributed by atoms with E-state index in [1.54, 1.807) is 6.33 Å². The first-order valence-electron chi connectivity index (χ1n) is 8.92.